The lowest BCUT2D eigenvalue weighted by Crippen LogP contribution is -2.11. The SMILES string of the molecule is CCc1ccc(N(C)c2ccc(C(=O)O)cn2)cc1. The summed E-state index contributed by atoms with van der Waals surface area (Å²) in [5.74, 6) is -0.247. The van der Waals surface area contributed by atoms with Crippen LogP contribution in [0.3, 0.4) is 0 Å². The van der Waals surface area contributed by atoms with E-state index in [0.717, 1.165) is 12.1 Å². The molecular weight excluding hydrogens is 240 g/mol. The van der Waals surface area contributed by atoms with Gasteiger partial charge in [-0.05, 0) is 36.2 Å². The average Bonchev–Trinajstić information content (AvgIpc) is 2.46. The maximum Gasteiger partial charge on any atom is 0.337 e. The molecule has 0 saturated carbocycles. The number of carbonyl (C=O) groups is 1. The zero-order chi connectivity index (χ0) is 13.8. The van der Waals surface area contributed by atoms with Crippen molar-refractivity contribution in [1.29, 1.82) is 0 Å². The molecule has 1 heterocycles. The fourth-order valence-electron chi connectivity index (χ4n) is 1.80. The van der Waals surface area contributed by atoms with Crippen molar-refractivity contribution in [3.05, 3.63) is 53.7 Å². The summed E-state index contributed by atoms with van der Waals surface area (Å²) in [4.78, 5) is 16.9. The number of aryl methyl sites for hydroxylation is 1. The van der Waals surface area contributed by atoms with Gasteiger partial charge in [0.05, 0.1) is 5.56 Å². The molecule has 2 aromatic rings. The molecule has 0 bridgehead atoms. The van der Waals surface area contributed by atoms with Crippen LogP contribution in [0.4, 0.5) is 11.5 Å². The molecule has 98 valence electrons. The van der Waals surface area contributed by atoms with E-state index < -0.39 is 5.97 Å². The highest BCUT2D eigenvalue weighted by Gasteiger charge is 2.07. The van der Waals surface area contributed by atoms with Crippen LogP contribution in [-0.4, -0.2) is 23.1 Å². The van der Waals surface area contributed by atoms with Gasteiger partial charge in [-0.25, -0.2) is 9.78 Å². The van der Waals surface area contributed by atoms with Crippen LogP contribution >= 0.6 is 0 Å². The number of rotatable bonds is 4. The van der Waals surface area contributed by atoms with Gasteiger partial charge in [0.25, 0.3) is 0 Å². The van der Waals surface area contributed by atoms with Crippen LogP contribution in [0, 0.1) is 0 Å². The van der Waals surface area contributed by atoms with E-state index in [1.807, 2.05) is 24.1 Å². The molecule has 0 spiro atoms. The number of benzene rings is 1. The quantitative estimate of drug-likeness (QED) is 0.913. The average molecular weight is 256 g/mol. The second kappa shape index (κ2) is 5.52. The van der Waals surface area contributed by atoms with Crippen LogP contribution in [0.2, 0.25) is 0 Å². The minimum atomic E-state index is -0.964. The summed E-state index contributed by atoms with van der Waals surface area (Å²) in [5, 5.41) is 8.84. The highest BCUT2D eigenvalue weighted by atomic mass is 16.4. The van der Waals surface area contributed by atoms with Gasteiger partial charge in [0.15, 0.2) is 0 Å². The van der Waals surface area contributed by atoms with Gasteiger partial charge >= 0.3 is 5.97 Å². The molecule has 0 aliphatic carbocycles. The maximum atomic E-state index is 10.8. The van der Waals surface area contributed by atoms with Crippen molar-refractivity contribution in [2.75, 3.05) is 11.9 Å². The second-order valence-electron chi connectivity index (χ2n) is 4.29. The van der Waals surface area contributed by atoms with Gasteiger partial charge in [0.1, 0.15) is 5.82 Å². The van der Waals surface area contributed by atoms with Crippen LogP contribution in [0.5, 0.6) is 0 Å². The first-order chi connectivity index (χ1) is 9.11. The fourth-order valence-corrected chi connectivity index (χ4v) is 1.80. The minimum Gasteiger partial charge on any atom is -0.478 e. The molecule has 1 N–H and O–H groups in total. The number of aromatic nitrogens is 1. The van der Waals surface area contributed by atoms with Gasteiger partial charge < -0.3 is 10.0 Å². The summed E-state index contributed by atoms with van der Waals surface area (Å²) in [7, 11) is 1.91. The molecule has 0 aliphatic rings. The van der Waals surface area contributed by atoms with Crippen LogP contribution < -0.4 is 4.90 Å². The first-order valence-corrected chi connectivity index (χ1v) is 6.14. The molecule has 0 aliphatic heterocycles. The number of aromatic carboxylic acids is 1. The molecule has 0 radical (unpaired) electrons. The molecule has 0 amide bonds. The van der Waals surface area contributed by atoms with E-state index in [1.165, 1.54) is 11.8 Å². The lowest BCUT2D eigenvalue weighted by atomic mass is 10.1. The number of pyridine rings is 1. The van der Waals surface area contributed by atoms with Crippen molar-refractivity contribution in [3.63, 3.8) is 0 Å². The normalized spacial score (nSPS) is 10.2. The summed E-state index contributed by atoms with van der Waals surface area (Å²) in [5.41, 5.74) is 2.50. The topological polar surface area (TPSA) is 53.4 Å². The van der Waals surface area contributed by atoms with Crippen LogP contribution in [0.15, 0.2) is 42.6 Å². The largest absolute Gasteiger partial charge is 0.478 e. The lowest BCUT2D eigenvalue weighted by Gasteiger charge is -2.18. The molecule has 1 aromatic carbocycles. The van der Waals surface area contributed by atoms with Gasteiger partial charge in [-0.2, -0.15) is 0 Å². The third-order valence-electron chi connectivity index (χ3n) is 3.07. The lowest BCUT2D eigenvalue weighted by molar-refractivity contribution is 0.0696. The minimum absolute atomic E-state index is 0.193. The smallest absolute Gasteiger partial charge is 0.337 e. The Labute approximate surface area is 112 Å². The standard InChI is InChI=1S/C15H16N2O2/c1-3-11-4-7-13(8-5-11)17(2)14-9-6-12(10-16-14)15(18)19/h4-10H,3H2,1-2H3,(H,18,19). The summed E-state index contributed by atoms with van der Waals surface area (Å²) in [6, 6.07) is 11.5. The zero-order valence-corrected chi connectivity index (χ0v) is 11.0. The molecule has 0 atom stereocenters. The van der Waals surface area contributed by atoms with Crippen molar-refractivity contribution >= 4 is 17.5 Å². The van der Waals surface area contributed by atoms with E-state index in [0.29, 0.717) is 5.82 Å². The summed E-state index contributed by atoms with van der Waals surface area (Å²) in [6.07, 6.45) is 2.38. The molecule has 4 heteroatoms. The number of carboxylic acid groups (broad SMARTS) is 1. The van der Waals surface area contributed by atoms with Crippen LogP contribution in [-0.2, 0) is 6.42 Å². The van der Waals surface area contributed by atoms with Gasteiger partial charge in [-0.3, -0.25) is 0 Å². The molecule has 0 saturated heterocycles. The van der Waals surface area contributed by atoms with Gasteiger partial charge in [0.2, 0.25) is 0 Å². The van der Waals surface area contributed by atoms with Crippen LogP contribution in [0.1, 0.15) is 22.8 Å². The predicted molar refractivity (Wildman–Crippen MR) is 75.1 cm³/mol. The number of nitrogens with zero attached hydrogens (tertiary/aromatic N) is 2. The highest BCUT2D eigenvalue weighted by Crippen LogP contribution is 2.22. The Balaban J connectivity index is 2.22. The van der Waals surface area contributed by atoms with E-state index >= 15 is 0 Å². The first kappa shape index (κ1) is 13.1. The van der Waals surface area contributed by atoms with Crippen molar-refractivity contribution in [2.45, 2.75) is 13.3 Å². The molecule has 0 fully saturated rings. The van der Waals surface area contributed by atoms with E-state index in [9.17, 15) is 4.79 Å². The number of hydrogen-bond donors (Lipinski definition) is 1. The maximum absolute atomic E-state index is 10.8. The Hall–Kier alpha value is -2.36. The Morgan fingerprint density at radius 3 is 2.37 bits per heavy atom. The van der Waals surface area contributed by atoms with Crippen LogP contribution in [0.25, 0.3) is 0 Å². The molecule has 1 aromatic heterocycles. The van der Waals surface area contributed by atoms with E-state index in [2.05, 4.69) is 24.0 Å². The van der Waals surface area contributed by atoms with E-state index in [-0.39, 0.29) is 5.56 Å². The fraction of sp³-hybridized carbons (Fsp3) is 0.200. The van der Waals surface area contributed by atoms with E-state index in [1.54, 1.807) is 12.1 Å². The molecule has 4 nitrogen and oxygen atoms in total. The van der Waals surface area contributed by atoms with Gasteiger partial charge in [0, 0.05) is 18.9 Å². The number of hydrogen-bond acceptors (Lipinski definition) is 3. The summed E-state index contributed by atoms with van der Waals surface area (Å²) < 4.78 is 0. The predicted octanol–water partition coefficient (Wildman–Crippen LogP) is 3.11. The zero-order valence-electron chi connectivity index (χ0n) is 11.0. The van der Waals surface area contributed by atoms with Crippen molar-refractivity contribution in [1.82, 2.24) is 4.98 Å². The molecule has 0 unspecified atom stereocenters. The molecule has 19 heavy (non-hydrogen) atoms. The van der Waals surface area contributed by atoms with Crippen molar-refractivity contribution in [2.24, 2.45) is 0 Å². The van der Waals surface area contributed by atoms with E-state index in [4.69, 9.17) is 5.11 Å². The third kappa shape index (κ3) is 2.91. The monoisotopic (exact) mass is 256 g/mol. The van der Waals surface area contributed by atoms with Gasteiger partial charge in [-0.1, -0.05) is 19.1 Å². The Kier molecular flexibility index (Phi) is 3.80. The summed E-state index contributed by atoms with van der Waals surface area (Å²) >= 11 is 0. The summed E-state index contributed by atoms with van der Waals surface area (Å²) in [6.45, 7) is 2.12. The Bertz CT molecular complexity index is 562. The molecule has 2 rings (SSSR count). The number of carboxylic acids is 1. The van der Waals surface area contributed by atoms with Gasteiger partial charge in [-0.15, -0.1) is 0 Å². The van der Waals surface area contributed by atoms with Crippen molar-refractivity contribution < 1.29 is 9.90 Å². The third-order valence-corrected chi connectivity index (χ3v) is 3.07. The Morgan fingerprint density at radius 2 is 1.89 bits per heavy atom. The number of anilines is 2. The molecular formula is C15H16N2O2. The van der Waals surface area contributed by atoms with Crippen molar-refractivity contribution in [3.8, 4) is 0 Å². The second-order valence-corrected chi connectivity index (χ2v) is 4.29. The Morgan fingerprint density at radius 1 is 1.21 bits per heavy atom. The first-order valence-electron chi connectivity index (χ1n) is 6.14. The highest BCUT2D eigenvalue weighted by molar-refractivity contribution is 5.87.